The first kappa shape index (κ1) is 14.9. The lowest BCUT2D eigenvalue weighted by Gasteiger charge is -2.29. The molecule has 0 bridgehead atoms. The third kappa shape index (κ3) is 2.53. The summed E-state index contributed by atoms with van der Waals surface area (Å²) in [4.78, 5) is 0. The molecule has 0 saturated carbocycles. The van der Waals surface area contributed by atoms with Gasteiger partial charge in [0.15, 0.2) is 5.75 Å². The molecule has 108 valence electrons. The second kappa shape index (κ2) is 6.29. The van der Waals surface area contributed by atoms with E-state index in [1.54, 1.807) is 18.0 Å². The molecular weight excluding hydrogens is 276 g/mol. The molecule has 0 aliphatic carbocycles. The number of aromatic nitrogens is 2. The smallest absolute Gasteiger partial charge is 0.163 e. The molecule has 20 heavy (non-hydrogen) atoms. The second-order valence-corrected chi connectivity index (χ2v) is 4.92. The van der Waals surface area contributed by atoms with Crippen molar-refractivity contribution in [3.05, 3.63) is 47.8 Å². The van der Waals surface area contributed by atoms with Crippen LogP contribution in [0, 0.1) is 0 Å². The molecule has 1 atom stereocenters. The molecule has 0 fully saturated rings. The molecule has 0 saturated heterocycles. The summed E-state index contributed by atoms with van der Waals surface area (Å²) in [7, 11) is 1.58. The van der Waals surface area contributed by atoms with Crippen LogP contribution in [0.2, 0.25) is 0 Å². The van der Waals surface area contributed by atoms with Crippen LogP contribution in [-0.2, 0) is 12.1 Å². The number of hydrogen-bond acceptors (Lipinski definition) is 3. The van der Waals surface area contributed by atoms with Crippen molar-refractivity contribution in [2.75, 3.05) is 13.0 Å². The Morgan fingerprint density at radius 3 is 2.60 bits per heavy atom. The van der Waals surface area contributed by atoms with E-state index in [9.17, 15) is 5.11 Å². The van der Waals surface area contributed by atoms with Gasteiger partial charge >= 0.3 is 0 Å². The summed E-state index contributed by atoms with van der Waals surface area (Å²) >= 11 is 5.91. The monoisotopic (exact) mass is 294 g/mol. The Hall–Kier alpha value is -1.52. The average Bonchev–Trinajstić information content (AvgIpc) is 2.92. The van der Waals surface area contributed by atoms with E-state index in [1.807, 2.05) is 37.3 Å². The third-order valence-corrected chi connectivity index (χ3v) is 3.61. The predicted octanol–water partition coefficient (Wildman–Crippen LogP) is 2.78. The number of benzene rings is 1. The first-order valence-corrected chi connectivity index (χ1v) is 7.15. The molecule has 1 aromatic heterocycles. The summed E-state index contributed by atoms with van der Waals surface area (Å²) in [5.41, 5.74) is 0.226. The van der Waals surface area contributed by atoms with Crippen LogP contribution in [0.25, 0.3) is 0 Å². The van der Waals surface area contributed by atoms with Gasteiger partial charge in [-0.05, 0) is 18.9 Å². The van der Waals surface area contributed by atoms with Crippen molar-refractivity contribution in [2.45, 2.75) is 25.5 Å². The first-order valence-electron chi connectivity index (χ1n) is 6.61. The maximum absolute atomic E-state index is 11.2. The van der Waals surface area contributed by atoms with Crippen molar-refractivity contribution in [1.29, 1.82) is 0 Å². The lowest BCUT2D eigenvalue weighted by Crippen LogP contribution is -2.31. The molecule has 0 amide bonds. The molecule has 1 N–H and O–H groups in total. The quantitative estimate of drug-likeness (QED) is 0.833. The molecule has 1 unspecified atom stereocenters. The highest BCUT2D eigenvalue weighted by molar-refractivity contribution is 6.17. The summed E-state index contributed by atoms with van der Waals surface area (Å²) < 4.78 is 7.10. The number of ether oxygens (including phenoxy) is 1. The van der Waals surface area contributed by atoms with Crippen molar-refractivity contribution >= 4 is 11.6 Å². The van der Waals surface area contributed by atoms with Crippen molar-refractivity contribution < 1.29 is 9.84 Å². The van der Waals surface area contributed by atoms with E-state index in [1.165, 1.54) is 0 Å². The van der Waals surface area contributed by atoms with Crippen molar-refractivity contribution in [2.24, 2.45) is 0 Å². The molecule has 0 spiro atoms. The Labute approximate surface area is 123 Å². The normalized spacial score (nSPS) is 14.0. The molecule has 0 aliphatic rings. The van der Waals surface area contributed by atoms with E-state index < -0.39 is 5.60 Å². The number of aryl methyl sites for hydroxylation is 1. The number of hydrogen-bond donors (Lipinski definition) is 1. The van der Waals surface area contributed by atoms with E-state index >= 15 is 0 Å². The highest BCUT2D eigenvalue weighted by Gasteiger charge is 2.37. The maximum atomic E-state index is 11.2. The van der Waals surface area contributed by atoms with Crippen LogP contribution < -0.4 is 4.74 Å². The first-order chi connectivity index (χ1) is 9.67. The van der Waals surface area contributed by atoms with Gasteiger partial charge in [-0.2, -0.15) is 5.10 Å². The third-order valence-electron chi connectivity index (χ3n) is 3.42. The Balaban J connectivity index is 2.61. The van der Waals surface area contributed by atoms with Crippen LogP contribution in [-0.4, -0.2) is 27.9 Å². The molecule has 0 radical (unpaired) electrons. The van der Waals surface area contributed by atoms with E-state index in [4.69, 9.17) is 16.3 Å². The minimum atomic E-state index is -1.21. The topological polar surface area (TPSA) is 47.3 Å². The van der Waals surface area contributed by atoms with Crippen LogP contribution in [0.4, 0.5) is 0 Å². The molecule has 2 aromatic rings. The Bertz CT molecular complexity index is 535. The minimum absolute atomic E-state index is 0.337. The Morgan fingerprint density at radius 1 is 1.35 bits per heavy atom. The second-order valence-electron chi connectivity index (χ2n) is 4.54. The van der Waals surface area contributed by atoms with Gasteiger partial charge in [-0.1, -0.05) is 30.3 Å². The number of aliphatic hydroxyl groups is 1. The van der Waals surface area contributed by atoms with Crippen LogP contribution in [0.15, 0.2) is 36.5 Å². The molecule has 5 heteroatoms. The summed E-state index contributed by atoms with van der Waals surface area (Å²) in [5, 5.41) is 15.5. The van der Waals surface area contributed by atoms with Gasteiger partial charge in [0.25, 0.3) is 0 Å². The largest absolute Gasteiger partial charge is 0.493 e. The number of nitrogens with zero attached hydrogens (tertiary/aromatic N) is 2. The van der Waals surface area contributed by atoms with Crippen molar-refractivity contribution in [3.63, 3.8) is 0 Å². The van der Waals surface area contributed by atoms with Gasteiger partial charge < -0.3 is 9.84 Å². The molecule has 2 rings (SSSR count). The summed E-state index contributed by atoms with van der Waals surface area (Å²) in [6, 6.07) is 9.48. The fourth-order valence-electron chi connectivity index (χ4n) is 2.42. The summed E-state index contributed by atoms with van der Waals surface area (Å²) in [5.74, 6) is 0.909. The summed E-state index contributed by atoms with van der Waals surface area (Å²) in [6.07, 6.45) is 2.02. The molecule has 4 nitrogen and oxygen atoms in total. The van der Waals surface area contributed by atoms with Gasteiger partial charge in [-0.3, -0.25) is 4.68 Å². The van der Waals surface area contributed by atoms with Crippen LogP contribution >= 0.6 is 11.6 Å². The number of alkyl halides is 1. The highest BCUT2D eigenvalue weighted by Crippen LogP contribution is 2.38. The standard InChI is InChI=1S/C15H19ClN2O2/c1-3-18-14(13(20-2)11-17-18)15(19,9-10-16)12-7-5-4-6-8-12/h4-8,11,19H,3,9-10H2,1-2H3. The SMILES string of the molecule is CCn1ncc(OC)c1C(O)(CCCl)c1ccccc1. The van der Waals surface area contributed by atoms with E-state index in [2.05, 4.69) is 5.10 Å². The van der Waals surface area contributed by atoms with Crippen LogP contribution in [0.5, 0.6) is 5.75 Å². The lowest BCUT2D eigenvalue weighted by atomic mass is 9.87. The minimum Gasteiger partial charge on any atom is -0.493 e. The molecule has 1 aromatic carbocycles. The van der Waals surface area contributed by atoms with Crippen molar-refractivity contribution in [3.8, 4) is 5.75 Å². The fraction of sp³-hybridized carbons (Fsp3) is 0.400. The van der Waals surface area contributed by atoms with Gasteiger partial charge in [0, 0.05) is 12.4 Å². The number of rotatable bonds is 6. The van der Waals surface area contributed by atoms with Crippen LogP contribution in [0.1, 0.15) is 24.6 Å². The van der Waals surface area contributed by atoms with Gasteiger partial charge in [0.2, 0.25) is 0 Å². The van der Waals surface area contributed by atoms with E-state index in [-0.39, 0.29) is 0 Å². The maximum Gasteiger partial charge on any atom is 0.163 e. The number of methoxy groups -OCH3 is 1. The van der Waals surface area contributed by atoms with Gasteiger partial charge in [0.05, 0.1) is 13.3 Å². The van der Waals surface area contributed by atoms with Gasteiger partial charge in [-0.15, -0.1) is 11.6 Å². The van der Waals surface area contributed by atoms with E-state index in [0.29, 0.717) is 30.3 Å². The van der Waals surface area contributed by atoms with Gasteiger partial charge in [0.1, 0.15) is 11.3 Å². The average molecular weight is 295 g/mol. The van der Waals surface area contributed by atoms with E-state index in [0.717, 1.165) is 5.56 Å². The number of halogens is 1. The Kier molecular flexibility index (Phi) is 4.68. The Morgan fingerprint density at radius 2 is 2.05 bits per heavy atom. The zero-order valence-corrected chi connectivity index (χ0v) is 12.5. The fourth-order valence-corrected chi connectivity index (χ4v) is 2.70. The molecule has 1 heterocycles. The van der Waals surface area contributed by atoms with Crippen LogP contribution in [0.3, 0.4) is 0 Å². The zero-order valence-electron chi connectivity index (χ0n) is 11.7. The molecular formula is C15H19ClN2O2. The highest BCUT2D eigenvalue weighted by atomic mass is 35.5. The molecule has 0 aliphatic heterocycles. The van der Waals surface area contributed by atoms with Crippen molar-refractivity contribution in [1.82, 2.24) is 9.78 Å². The predicted molar refractivity (Wildman–Crippen MR) is 79.2 cm³/mol. The van der Waals surface area contributed by atoms with Gasteiger partial charge in [-0.25, -0.2) is 0 Å². The summed E-state index contributed by atoms with van der Waals surface area (Å²) in [6.45, 7) is 2.62. The zero-order chi connectivity index (χ0) is 14.6. The lowest BCUT2D eigenvalue weighted by molar-refractivity contribution is 0.0648.